The van der Waals surface area contributed by atoms with Gasteiger partial charge in [0.2, 0.25) is 17.7 Å². The SMILES string of the molecule is Cc1cc(NC(=O)[C@H](CC2CCN(C)CC2)NC(=O)[C@@H]2Cc3ccccc3CN2C(=O)CCC(=O)c2ccccc2)ccc1Cl. The summed E-state index contributed by atoms with van der Waals surface area (Å²) in [6, 6.07) is 20.4. The number of hydrogen-bond donors (Lipinski definition) is 2. The van der Waals surface area contributed by atoms with Crippen LogP contribution in [-0.4, -0.2) is 65.5 Å². The number of carbonyl (C=O) groups is 4. The second-order valence-electron chi connectivity index (χ2n) is 12.3. The Balaban J connectivity index is 1.34. The van der Waals surface area contributed by atoms with E-state index in [1.54, 1.807) is 41.3 Å². The average Bonchev–Trinajstić information content (AvgIpc) is 3.05. The summed E-state index contributed by atoms with van der Waals surface area (Å²) < 4.78 is 0. The van der Waals surface area contributed by atoms with E-state index in [9.17, 15) is 19.2 Å². The third-order valence-corrected chi connectivity index (χ3v) is 9.42. The number of hydrogen-bond acceptors (Lipinski definition) is 5. The van der Waals surface area contributed by atoms with Crippen molar-refractivity contribution in [2.45, 2.75) is 64.1 Å². The van der Waals surface area contributed by atoms with E-state index >= 15 is 0 Å². The molecule has 0 spiro atoms. The molecule has 2 aliphatic rings. The molecule has 1 saturated heterocycles. The van der Waals surface area contributed by atoms with Gasteiger partial charge in [-0.2, -0.15) is 0 Å². The highest BCUT2D eigenvalue weighted by atomic mass is 35.5. The highest BCUT2D eigenvalue weighted by Gasteiger charge is 2.37. The van der Waals surface area contributed by atoms with Crippen LogP contribution in [0.1, 0.15) is 59.2 Å². The first-order chi connectivity index (χ1) is 21.7. The second kappa shape index (κ2) is 14.8. The Morgan fingerprint density at radius 2 is 1.60 bits per heavy atom. The topological polar surface area (TPSA) is 98.8 Å². The number of nitrogens with zero attached hydrogens (tertiary/aromatic N) is 2. The summed E-state index contributed by atoms with van der Waals surface area (Å²) in [6.45, 7) is 4.01. The minimum absolute atomic E-state index is 0.00486. The van der Waals surface area contributed by atoms with Gasteiger partial charge < -0.3 is 20.4 Å². The van der Waals surface area contributed by atoms with Gasteiger partial charge in [0.15, 0.2) is 5.78 Å². The Morgan fingerprint density at radius 1 is 0.911 bits per heavy atom. The molecule has 2 heterocycles. The molecule has 3 aromatic carbocycles. The van der Waals surface area contributed by atoms with Crippen LogP contribution >= 0.6 is 11.6 Å². The van der Waals surface area contributed by atoms with Gasteiger partial charge in [-0.05, 0) is 87.1 Å². The zero-order valence-corrected chi connectivity index (χ0v) is 26.7. The van der Waals surface area contributed by atoms with Crippen molar-refractivity contribution in [2.24, 2.45) is 5.92 Å². The number of Topliss-reactive ketones (excluding diaryl/α,β-unsaturated/α-hetero) is 1. The number of fused-ring (bicyclic) bond motifs is 1. The Hall–Kier alpha value is -4.01. The van der Waals surface area contributed by atoms with Crippen molar-refractivity contribution in [3.8, 4) is 0 Å². The summed E-state index contributed by atoms with van der Waals surface area (Å²) in [5.41, 5.74) is 3.97. The molecule has 0 bridgehead atoms. The van der Waals surface area contributed by atoms with Crippen molar-refractivity contribution < 1.29 is 19.2 Å². The number of aryl methyl sites for hydroxylation is 1. The van der Waals surface area contributed by atoms with Crippen molar-refractivity contribution in [3.05, 3.63) is 100 Å². The van der Waals surface area contributed by atoms with Crippen LogP contribution in [0.15, 0.2) is 72.8 Å². The van der Waals surface area contributed by atoms with Crippen molar-refractivity contribution in [2.75, 3.05) is 25.5 Å². The molecule has 1 fully saturated rings. The molecular formula is C36H41ClN4O4. The van der Waals surface area contributed by atoms with Crippen LogP contribution in [0.5, 0.6) is 0 Å². The summed E-state index contributed by atoms with van der Waals surface area (Å²) in [5.74, 6) is -0.770. The lowest BCUT2D eigenvalue weighted by Gasteiger charge is -2.37. The molecule has 2 aliphatic heterocycles. The summed E-state index contributed by atoms with van der Waals surface area (Å²) in [5, 5.41) is 6.63. The molecule has 2 atom stereocenters. The summed E-state index contributed by atoms with van der Waals surface area (Å²) >= 11 is 6.20. The number of likely N-dealkylation sites (tertiary alicyclic amines) is 1. The molecule has 236 valence electrons. The van der Waals surface area contributed by atoms with E-state index < -0.39 is 12.1 Å². The van der Waals surface area contributed by atoms with Gasteiger partial charge in [-0.1, -0.05) is 66.2 Å². The number of anilines is 1. The van der Waals surface area contributed by atoms with E-state index in [-0.39, 0.29) is 48.8 Å². The lowest BCUT2D eigenvalue weighted by atomic mass is 9.89. The lowest BCUT2D eigenvalue weighted by Crippen LogP contribution is -2.56. The standard InChI is InChI=1S/C36H41ClN4O4/c1-24-20-29(12-13-30(24)37)38-35(44)31(21-25-16-18-40(2)19-17-25)39-36(45)32-22-27-10-6-7-11-28(27)23-41(32)34(43)15-14-33(42)26-8-4-3-5-9-26/h3-13,20,25,31-32H,14-19,21-23H2,1-2H3,(H,38,44)(H,39,45)/t31-,32-/m0/s1. The van der Waals surface area contributed by atoms with Gasteiger partial charge in [0, 0.05) is 42.1 Å². The molecule has 45 heavy (non-hydrogen) atoms. The Bertz CT molecular complexity index is 1540. The second-order valence-corrected chi connectivity index (χ2v) is 12.7. The molecule has 0 radical (unpaired) electrons. The number of carbonyl (C=O) groups excluding carboxylic acids is 4. The minimum Gasteiger partial charge on any atom is -0.342 e. The third kappa shape index (κ3) is 8.38. The van der Waals surface area contributed by atoms with Gasteiger partial charge in [0.25, 0.3) is 0 Å². The Labute approximate surface area is 270 Å². The number of rotatable bonds is 10. The highest BCUT2D eigenvalue weighted by molar-refractivity contribution is 6.31. The Morgan fingerprint density at radius 3 is 2.31 bits per heavy atom. The predicted molar refractivity (Wildman–Crippen MR) is 176 cm³/mol. The van der Waals surface area contributed by atoms with Crippen molar-refractivity contribution in [1.82, 2.24) is 15.1 Å². The first-order valence-electron chi connectivity index (χ1n) is 15.7. The fraction of sp³-hybridized carbons (Fsp3) is 0.389. The van der Waals surface area contributed by atoms with E-state index in [2.05, 4.69) is 22.6 Å². The average molecular weight is 629 g/mol. The highest BCUT2D eigenvalue weighted by Crippen LogP contribution is 2.27. The van der Waals surface area contributed by atoms with Gasteiger partial charge in [-0.25, -0.2) is 0 Å². The largest absolute Gasteiger partial charge is 0.342 e. The molecule has 0 saturated carbocycles. The summed E-state index contributed by atoms with van der Waals surface area (Å²) in [6.07, 6.45) is 2.76. The van der Waals surface area contributed by atoms with Gasteiger partial charge in [-0.3, -0.25) is 19.2 Å². The number of piperidine rings is 1. The van der Waals surface area contributed by atoms with Gasteiger partial charge in [-0.15, -0.1) is 0 Å². The first kappa shape index (κ1) is 32.4. The fourth-order valence-corrected chi connectivity index (χ4v) is 6.35. The van der Waals surface area contributed by atoms with Crippen molar-refractivity contribution in [3.63, 3.8) is 0 Å². The third-order valence-electron chi connectivity index (χ3n) is 9.00. The maximum atomic E-state index is 14.1. The molecule has 0 aliphatic carbocycles. The van der Waals surface area contributed by atoms with Crippen molar-refractivity contribution >= 4 is 40.8 Å². The van der Waals surface area contributed by atoms with Crippen LogP contribution in [0, 0.1) is 12.8 Å². The van der Waals surface area contributed by atoms with E-state index in [4.69, 9.17) is 11.6 Å². The minimum atomic E-state index is -0.801. The van der Waals surface area contributed by atoms with Crippen molar-refractivity contribution in [1.29, 1.82) is 0 Å². The van der Waals surface area contributed by atoms with E-state index in [1.165, 1.54) is 0 Å². The zero-order chi connectivity index (χ0) is 31.9. The number of ketones is 1. The first-order valence-corrected chi connectivity index (χ1v) is 16.1. The molecular weight excluding hydrogens is 588 g/mol. The maximum Gasteiger partial charge on any atom is 0.246 e. The molecule has 0 unspecified atom stereocenters. The predicted octanol–water partition coefficient (Wildman–Crippen LogP) is 5.42. The number of benzene rings is 3. The fourth-order valence-electron chi connectivity index (χ4n) is 6.23. The van der Waals surface area contributed by atoms with Crippen LogP contribution < -0.4 is 10.6 Å². The van der Waals surface area contributed by atoms with E-state index in [1.807, 2.05) is 43.3 Å². The zero-order valence-electron chi connectivity index (χ0n) is 25.9. The summed E-state index contributed by atoms with van der Waals surface area (Å²) in [7, 11) is 2.09. The Kier molecular flexibility index (Phi) is 10.7. The maximum absolute atomic E-state index is 14.1. The van der Waals surface area contributed by atoms with Crippen LogP contribution in [-0.2, 0) is 27.3 Å². The smallest absolute Gasteiger partial charge is 0.246 e. The number of amides is 3. The summed E-state index contributed by atoms with van der Waals surface area (Å²) in [4.78, 5) is 58.0. The molecule has 3 aromatic rings. The molecule has 2 N–H and O–H groups in total. The molecule has 3 amide bonds. The molecule has 0 aromatic heterocycles. The molecule has 5 rings (SSSR count). The van der Waals surface area contributed by atoms with Crippen LogP contribution in [0.2, 0.25) is 5.02 Å². The lowest BCUT2D eigenvalue weighted by molar-refractivity contribution is -0.142. The quantitative estimate of drug-likeness (QED) is 0.292. The molecule has 8 nitrogen and oxygen atoms in total. The normalized spacial score (nSPS) is 17.7. The van der Waals surface area contributed by atoms with E-state index in [0.717, 1.165) is 42.6 Å². The van der Waals surface area contributed by atoms with E-state index in [0.29, 0.717) is 29.1 Å². The monoisotopic (exact) mass is 628 g/mol. The van der Waals surface area contributed by atoms with Gasteiger partial charge in [0.1, 0.15) is 12.1 Å². The van der Waals surface area contributed by atoms with Gasteiger partial charge >= 0.3 is 0 Å². The van der Waals surface area contributed by atoms with Crippen LogP contribution in [0.4, 0.5) is 5.69 Å². The van der Waals surface area contributed by atoms with Crippen LogP contribution in [0.25, 0.3) is 0 Å². The van der Waals surface area contributed by atoms with Crippen LogP contribution in [0.3, 0.4) is 0 Å². The molecule has 9 heteroatoms. The number of halogens is 1. The van der Waals surface area contributed by atoms with Gasteiger partial charge in [0.05, 0.1) is 0 Å². The number of nitrogens with one attached hydrogen (secondary N) is 2.